The molecule has 1 aliphatic rings. The van der Waals surface area contributed by atoms with E-state index < -0.39 is 0 Å². The molecule has 124 valence electrons. The average molecular weight is 331 g/mol. The highest BCUT2D eigenvalue weighted by Crippen LogP contribution is 2.18. The number of thiol groups is 1. The molecule has 0 bridgehead atoms. The Morgan fingerprint density at radius 2 is 2.30 bits per heavy atom. The van der Waals surface area contributed by atoms with Gasteiger partial charge in [-0.15, -0.1) is 19.2 Å². The lowest BCUT2D eigenvalue weighted by Crippen LogP contribution is -2.24. The monoisotopic (exact) mass is 331 g/mol. The molecule has 0 saturated heterocycles. The SMILES string of the molecule is C=CC/C=C/C=C(\S)C(=O)NCCC1=C(OCC)CC=CC=C1. The van der Waals surface area contributed by atoms with Crippen LogP contribution in [0.1, 0.15) is 26.2 Å². The van der Waals surface area contributed by atoms with Gasteiger partial charge in [-0.1, -0.05) is 42.5 Å². The van der Waals surface area contributed by atoms with Crippen molar-refractivity contribution in [2.45, 2.75) is 26.2 Å². The van der Waals surface area contributed by atoms with E-state index in [-0.39, 0.29) is 5.91 Å². The van der Waals surface area contributed by atoms with Gasteiger partial charge in [0.1, 0.15) is 5.76 Å². The molecule has 0 spiro atoms. The molecule has 23 heavy (non-hydrogen) atoms. The number of rotatable bonds is 9. The molecule has 0 aromatic rings. The number of hydrogen-bond acceptors (Lipinski definition) is 3. The lowest BCUT2D eigenvalue weighted by molar-refractivity contribution is -0.116. The lowest BCUT2D eigenvalue weighted by Gasteiger charge is -2.12. The van der Waals surface area contributed by atoms with Crippen molar-refractivity contribution in [1.29, 1.82) is 0 Å². The average Bonchev–Trinajstić information content (AvgIpc) is 2.77. The minimum Gasteiger partial charge on any atom is -0.498 e. The number of hydrogen-bond donors (Lipinski definition) is 2. The van der Waals surface area contributed by atoms with Crippen molar-refractivity contribution in [3.63, 3.8) is 0 Å². The molecular weight excluding hydrogens is 306 g/mol. The fourth-order valence-electron chi connectivity index (χ4n) is 2.01. The van der Waals surface area contributed by atoms with Crippen LogP contribution in [-0.2, 0) is 9.53 Å². The third-order valence-corrected chi connectivity index (χ3v) is 3.48. The molecule has 1 N–H and O–H groups in total. The predicted octanol–water partition coefficient (Wildman–Crippen LogP) is 4.25. The van der Waals surface area contributed by atoms with Crippen LogP contribution in [0.2, 0.25) is 0 Å². The molecule has 0 aliphatic heterocycles. The van der Waals surface area contributed by atoms with E-state index in [1.165, 1.54) is 0 Å². The van der Waals surface area contributed by atoms with Crippen molar-refractivity contribution in [3.05, 3.63) is 71.4 Å². The van der Waals surface area contributed by atoms with Gasteiger partial charge < -0.3 is 10.1 Å². The highest BCUT2D eigenvalue weighted by atomic mass is 32.1. The Morgan fingerprint density at radius 3 is 3.04 bits per heavy atom. The van der Waals surface area contributed by atoms with Gasteiger partial charge in [0.25, 0.3) is 5.91 Å². The Kier molecular flexibility index (Phi) is 9.64. The van der Waals surface area contributed by atoms with Gasteiger partial charge in [0, 0.05) is 13.0 Å². The van der Waals surface area contributed by atoms with Crippen LogP contribution in [0.15, 0.2) is 71.4 Å². The maximum atomic E-state index is 11.9. The van der Waals surface area contributed by atoms with Crippen molar-refractivity contribution >= 4 is 18.5 Å². The van der Waals surface area contributed by atoms with Gasteiger partial charge in [-0.05, 0) is 31.4 Å². The largest absolute Gasteiger partial charge is 0.498 e. The van der Waals surface area contributed by atoms with E-state index in [4.69, 9.17) is 4.74 Å². The van der Waals surface area contributed by atoms with Crippen LogP contribution in [0.5, 0.6) is 0 Å². The molecule has 1 aliphatic carbocycles. The highest BCUT2D eigenvalue weighted by Gasteiger charge is 2.08. The van der Waals surface area contributed by atoms with E-state index in [0.29, 0.717) is 18.1 Å². The Morgan fingerprint density at radius 1 is 1.48 bits per heavy atom. The summed E-state index contributed by atoms with van der Waals surface area (Å²) in [5.41, 5.74) is 1.12. The van der Waals surface area contributed by atoms with Crippen LogP contribution >= 0.6 is 12.6 Å². The van der Waals surface area contributed by atoms with E-state index in [2.05, 4.69) is 30.6 Å². The molecule has 3 nitrogen and oxygen atoms in total. The molecule has 0 atom stereocenters. The third kappa shape index (κ3) is 7.75. The van der Waals surface area contributed by atoms with Crippen LogP contribution < -0.4 is 5.32 Å². The summed E-state index contributed by atoms with van der Waals surface area (Å²) in [4.78, 5) is 12.3. The summed E-state index contributed by atoms with van der Waals surface area (Å²) >= 11 is 4.21. The number of carbonyl (C=O) groups excluding carboxylic acids is 1. The predicted molar refractivity (Wildman–Crippen MR) is 100 cm³/mol. The molecule has 1 rings (SSSR count). The number of amides is 1. The highest BCUT2D eigenvalue weighted by molar-refractivity contribution is 7.85. The second-order valence-corrected chi connectivity index (χ2v) is 5.36. The molecule has 0 aromatic heterocycles. The standard InChI is InChI=1S/C19H25NO2S/c1-3-5-6-10-13-18(23)19(21)20-15-14-16-11-8-7-9-12-17(16)22-4-2/h3,6-11,13,23H,1,4-5,12,14-15H2,2H3,(H,20,21)/b10-6+,18-13-. The molecule has 1 amide bonds. The molecular formula is C19H25NO2S. The fourth-order valence-corrected chi connectivity index (χ4v) is 2.17. The summed E-state index contributed by atoms with van der Waals surface area (Å²) in [5.74, 6) is 0.798. The first-order chi connectivity index (χ1) is 11.2. The quantitative estimate of drug-likeness (QED) is 0.287. The summed E-state index contributed by atoms with van der Waals surface area (Å²) in [6.07, 6.45) is 17.6. The van der Waals surface area contributed by atoms with Crippen molar-refractivity contribution in [2.24, 2.45) is 0 Å². The molecule has 0 aromatic carbocycles. The second-order valence-electron chi connectivity index (χ2n) is 4.88. The van der Waals surface area contributed by atoms with E-state index >= 15 is 0 Å². The second kappa shape index (κ2) is 11.6. The summed E-state index contributed by atoms with van der Waals surface area (Å²) in [7, 11) is 0. The maximum Gasteiger partial charge on any atom is 0.257 e. The summed E-state index contributed by atoms with van der Waals surface area (Å²) in [5, 5.41) is 2.87. The van der Waals surface area contributed by atoms with Crippen molar-refractivity contribution < 1.29 is 9.53 Å². The zero-order valence-electron chi connectivity index (χ0n) is 13.6. The number of carbonyl (C=O) groups is 1. The Labute approximate surface area is 144 Å². The number of ether oxygens (including phenoxy) is 1. The minimum absolute atomic E-state index is 0.175. The normalized spacial score (nSPS) is 15.0. The number of allylic oxidation sites excluding steroid dienone is 8. The molecule has 4 heteroatoms. The van der Waals surface area contributed by atoms with Crippen molar-refractivity contribution in [3.8, 4) is 0 Å². The Bertz CT molecular complexity index is 554. The van der Waals surface area contributed by atoms with Gasteiger partial charge in [0.15, 0.2) is 0 Å². The van der Waals surface area contributed by atoms with Crippen molar-refractivity contribution in [1.82, 2.24) is 5.32 Å². The maximum absolute atomic E-state index is 11.9. The molecule has 0 saturated carbocycles. The first kappa shape index (κ1) is 19.1. The van der Waals surface area contributed by atoms with Crippen LogP contribution in [-0.4, -0.2) is 19.1 Å². The summed E-state index contributed by atoms with van der Waals surface area (Å²) in [6, 6.07) is 0. The van der Waals surface area contributed by atoms with E-state index in [1.54, 1.807) is 18.2 Å². The topological polar surface area (TPSA) is 38.3 Å². The van der Waals surface area contributed by atoms with Gasteiger partial charge in [0.2, 0.25) is 0 Å². The lowest BCUT2D eigenvalue weighted by atomic mass is 10.1. The van der Waals surface area contributed by atoms with E-state index in [0.717, 1.165) is 30.6 Å². The van der Waals surface area contributed by atoms with Gasteiger partial charge in [0.05, 0.1) is 11.5 Å². The molecule has 0 radical (unpaired) electrons. The molecule has 0 heterocycles. The van der Waals surface area contributed by atoms with Crippen LogP contribution in [0, 0.1) is 0 Å². The van der Waals surface area contributed by atoms with Crippen LogP contribution in [0.25, 0.3) is 0 Å². The van der Waals surface area contributed by atoms with E-state index in [1.807, 2.05) is 31.2 Å². The van der Waals surface area contributed by atoms with Gasteiger partial charge in [-0.2, -0.15) is 0 Å². The summed E-state index contributed by atoms with van der Waals surface area (Å²) < 4.78 is 5.68. The first-order valence-electron chi connectivity index (χ1n) is 7.82. The van der Waals surface area contributed by atoms with Crippen molar-refractivity contribution in [2.75, 3.05) is 13.2 Å². The first-order valence-corrected chi connectivity index (χ1v) is 8.26. The Balaban J connectivity index is 2.51. The van der Waals surface area contributed by atoms with Gasteiger partial charge in [-0.25, -0.2) is 0 Å². The Hall–Kier alpha value is -1.94. The molecule has 0 fully saturated rings. The summed E-state index contributed by atoms with van der Waals surface area (Å²) in [6.45, 7) is 6.79. The van der Waals surface area contributed by atoms with Gasteiger partial charge in [-0.3, -0.25) is 4.79 Å². The van der Waals surface area contributed by atoms with Gasteiger partial charge >= 0.3 is 0 Å². The zero-order chi connectivity index (χ0) is 16.9. The third-order valence-electron chi connectivity index (χ3n) is 3.13. The zero-order valence-corrected chi connectivity index (χ0v) is 14.5. The number of nitrogens with one attached hydrogen (secondary N) is 1. The van der Waals surface area contributed by atoms with Crippen LogP contribution in [0.4, 0.5) is 0 Å². The van der Waals surface area contributed by atoms with Crippen LogP contribution in [0.3, 0.4) is 0 Å². The molecule has 0 unspecified atom stereocenters. The smallest absolute Gasteiger partial charge is 0.257 e. The minimum atomic E-state index is -0.175. The fraction of sp³-hybridized carbons (Fsp3) is 0.316. The van der Waals surface area contributed by atoms with E-state index in [9.17, 15) is 4.79 Å².